The highest BCUT2D eigenvalue weighted by atomic mass is 16.4. The molecule has 0 unspecified atom stereocenters. The van der Waals surface area contributed by atoms with Gasteiger partial charge in [-0.3, -0.25) is 9.59 Å². The molecule has 2 aromatic rings. The van der Waals surface area contributed by atoms with E-state index < -0.39 is 11.9 Å². The number of carboxylic acids is 1. The number of nitrogens with zero attached hydrogens (tertiary/aromatic N) is 2. The third-order valence-electron chi connectivity index (χ3n) is 4.63. The van der Waals surface area contributed by atoms with E-state index in [1.165, 1.54) is 11.1 Å². The Balaban J connectivity index is 1.60. The van der Waals surface area contributed by atoms with Crippen LogP contribution in [0.5, 0.6) is 0 Å². The highest BCUT2D eigenvalue weighted by molar-refractivity contribution is 5.86. The van der Waals surface area contributed by atoms with E-state index in [1.807, 2.05) is 6.07 Å². The first-order valence-corrected chi connectivity index (χ1v) is 7.91. The number of hydrogen-bond donors (Lipinski definition) is 2. The first-order valence-electron chi connectivity index (χ1n) is 7.91. The molecule has 0 spiro atoms. The van der Waals surface area contributed by atoms with Crippen LogP contribution in [0.4, 0.5) is 0 Å². The smallest absolute Gasteiger partial charge is 0.308 e. The molecule has 1 saturated heterocycles. The fourth-order valence-corrected chi connectivity index (χ4v) is 3.07. The SMILES string of the molecule is Cc1ccc2[nH]c(CCCN3C[C@@H](C(=O)O)CC3=O)nc2c1C. The number of fused-ring (bicyclic) bond motifs is 1. The number of aromatic amines is 1. The fourth-order valence-electron chi connectivity index (χ4n) is 3.07. The first kappa shape index (κ1) is 15.5. The van der Waals surface area contributed by atoms with Crippen LogP contribution in [0, 0.1) is 19.8 Å². The van der Waals surface area contributed by atoms with Crippen LogP contribution in [0.3, 0.4) is 0 Å². The van der Waals surface area contributed by atoms with Gasteiger partial charge in [0.05, 0.1) is 17.0 Å². The van der Waals surface area contributed by atoms with Gasteiger partial charge in [0.25, 0.3) is 0 Å². The molecule has 1 atom stereocenters. The number of nitrogens with one attached hydrogen (secondary N) is 1. The van der Waals surface area contributed by atoms with Crippen molar-refractivity contribution in [2.24, 2.45) is 5.92 Å². The number of H-pyrrole nitrogens is 1. The minimum Gasteiger partial charge on any atom is -0.481 e. The molecule has 23 heavy (non-hydrogen) atoms. The van der Waals surface area contributed by atoms with Crippen molar-refractivity contribution in [2.45, 2.75) is 33.1 Å². The Bertz CT molecular complexity index is 766. The molecule has 6 nitrogen and oxygen atoms in total. The zero-order valence-electron chi connectivity index (χ0n) is 13.4. The van der Waals surface area contributed by atoms with Gasteiger partial charge < -0.3 is 15.0 Å². The van der Waals surface area contributed by atoms with Gasteiger partial charge in [0.1, 0.15) is 5.82 Å². The highest BCUT2D eigenvalue weighted by Crippen LogP contribution is 2.21. The summed E-state index contributed by atoms with van der Waals surface area (Å²) in [5.41, 5.74) is 4.44. The van der Waals surface area contributed by atoms with Gasteiger partial charge in [-0.15, -0.1) is 0 Å². The second kappa shape index (κ2) is 6.02. The molecule has 0 saturated carbocycles. The summed E-state index contributed by atoms with van der Waals surface area (Å²) in [6, 6.07) is 4.12. The van der Waals surface area contributed by atoms with Crippen LogP contribution in [-0.2, 0) is 16.0 Å². The van der Waals surface area contributed by atoms with Crippen molar-refractivity contribution in [3.63, 3.8) is 0 Å². The predicted octanol–water partition coefficient (Wildman–Crippen LogP) is 2.05. The lowest BCUT2D eigenvalue weighted by molar-refractivity contribution is -0.141. The highest BCUT2D eigenvalue weighted by Gasteiger charge is 2.33. The lowest BCUT2D eigenvalue weighted by Gasteiger charge is -2.15. The van der Waals surface area contributed by atoms with Crippen molar-refractivity contribution in [1.29, 1.82) is 0 Å². The molecule has 0 radical (unpaired) electrons. The number of hydrogen-bond acceptors (Lipinski definition) is 3. The van der Waals surface area contributed by atoms with Gasteiger partial charge in [-0.05, 0) is 37.5 Å². The van der Waals surface area contributed by atoms with Crippen LogP contribution < -0.4 is 0 Å². The molecule has 1 fully saturated rings. The van der Waals surface area contributed by atoms with Gasteiger partial charge in [0.2, 0.25) is 5.91 Å². The van der Waals surface area contributed by atoms with Gasteiger partial charge in [0.15, 0.2) is 0 Å². The first-order chi connectivity index (χ1) is 11.0. The number of aliphatic carboxylic acids is 1. The Labute approximate surface area is 134 Å². The zero-order valence-corrected chi connectivity index (χ0v) is 13.4. The van der Waals surface area contributed by atoms with Crippen LogP contribution in [-0.4, -0.2) is 44.9 Å². The molecule has 6 heteroatoms. The minimum atomic E-state index is -0.885. The maximum absolute atomic E-state index is 11.8. The Morgan fingerprint density at radius 2 is 2.22 bits per heavy atom. The maximum atomic E-state index is 11.8. The Morgan fingerprint density at radius 1 is 1.43 bits per heavy atom. The van der Waals surface area contributed by atoms with Gasteiger partial charge in [-0.2, -0.15) is 0 Å². The van der Waals surface area contributed by atoms with E-state index in [0.29, 0.717) is 13.1 Å². The van der Waals surface area contributed by atoms with Crippen molar-refractivity contribution in [3.05, 3.63) is 29.1 Å². The molecule has 3 rings (SSSR count). The molecule has 2 heterocycles. The summed E-state index contributed by atoms with van der Waals surface area (Å²) in [6.07, 6.45) is 1.64. The quantitative estimate of drug-likeness (QED) is 0.884. The summed E-state index contributed by atoms with van der Waals surface area (Å²) in [5.74, 6) is -0.591. The van der Waals surface area contributed by atoms with E-state index in [2.05, 4.69) is 29.9 Å². The van der Waals surface area contributed by atoms with Gasteiger partial charge >= 0.3 is 5.97 Å². The number of carbonyl (C=O) groups is 2. The van der Waals surface area contributed by atoms with Crippen LogP contribution in [0.15, 0.2) is 12.1 Å². The lowest BCUT2D eigenvalue weighted by atomic mass is 10.1. The number of amides is 1. The topological polar surface area (TPSA) is 86.3 Å². The molecule has 0 bridgehead atoms. The Morgan fingerprint density at radius 3 is 2.91 bits per heavy atom. The summed E-state index contributed by atoms with van der Waals surface area (Å²) in [4.78, 5) is 32.4. The van der Waals surface area contributed by atoms with E-state index in [1.54, 1.807) is 4.90 Å². The average molecular weight is 315 g/mol. The van der Waals surface area contributed by atoms with Crippen LogP contribution >= 0.6 is 0 Å². The molecule has 1 amide bonds. The van der Waals surface area contributed by atoms with E-state index in [4.69, 9.17) is 5.11 Å². The number of imidazole rings is 1. The number of aryl methyl sites for hydroxylation is 3. The molecule has 122 valence electrons. The number of rotatable bonds is 5. The summed E-state index contributed by atoms with van der Waals surface area (Å²) >= 11 is 0. The maximum Gasteiger partial charge on any atom is 0.308 e. The van der Waals surface area contributed by atoms with Gasteiger partial charge in [0, 0.05) is 25.9 Å². The lowest BCUT2D eigenvalue weighted by Crippen LogP contribution is -2.27. The van der Waals surface area contributed by atoms with Crippen LogP contribution in [0.1, 0.15) is 29.8 Å². The van der Waals surface area contributed by atoms with E-state index in [0.717, 1.165) is 29.7 Å². The predicted molar refractivity (Wildman–Crippen MR) is 86.2 cm³/mol. The molecular weight excluding hydrogens is 294 g/mol. The Kier molecular flexibility index (Phi) is 4.07. The van der Waals surface area contributed by atoms with Crippen molar-refractivity contribution in [3.8, 4) is 0 Å². The monoisotopic (exact) mass is 315 g/mol. The second-order valence-electron chi connectivity index (χ2n) is 6.27. The average Bonchev–Trinajstić information content (AvgIpc) is 3.08. The number of likely N-dealkylation sites (tertiary alicyclic amines) is 1. The van der Waals surface area contributed by atoms with E-state index >= 15 is 0 Å². The molecule has 1 aromatic heterocycles. The van der Waals surface area contributed by atoms with E-state index in [9.17, 15) is 9.59 Å². The third kappa shape index (κ3) is 3.06. The molecule has 2 N–H and O–H groups in total. The second-order valence-corrected chi connectivity index (χ2v) is 6.27. The standard InChI is InChI=1S/C17H21N3O3/c1-10-5-6-13-16(11(10)2)19-14(18-13)4-3-7-20-9-12(17(22)23)8-15(20)21/h5-6,12H,3-4,7-9H2,1-2H3,(H,18,19)(H,22,23)/t12-/m0/s1. The summed E-state index contributed by atoms with van der Waals surface area (Å²) in [5, 5.41) is 8.99. The molecule has 0 aliphatic carbocycles. The number of carbonyl (C=O) groups excluding carboxylic acids is 1. The third-order valence-corrected chi connectivity index (χ3v) is 4.63. The van der Waals surface area contributed by atoms with Crippen molar-refractivity contribution >= 4 is 22.9 Å². The Hall–Kier alpha value is -2.37. The normalized spacial score (nSPS) is 18.1. The van der Waals surface area contributed by atoms with Gasteiger partial charge in [-0.1, -0.05) is 6.07 Å². The number of benzene rings is 1. The molecule has 1 aliphatic heterocycles. The summed E-state index contributed by atoms with van der Waals surface area (Å²) in [7, 11) is 0. The van der Waals surface area contributed by atoms with E-state index in [-0.39, 0.29) is 12.3 Å². The number of aromatic nitrogens is 2. The summed E-state index contributed by atoms with van der Waals surface area (Å²) < 4.78 is 0. The fraction of sp³-hybridized carbons (Fsp3) is 0.471. The largest absolute Gasteiger partial charge is 0.481 e. The molecule has 1 aliphatic rings. The van der Waals surface area contributed by atoms with Crippen molar-refractivity contribution in [1.82, 2.24) is 14.9 Å². The van der Waals surface area contributed by atoms with Crippen molar-refractivity contribution < 1.29 is 14.7 Å². The van der Waals surface area contributed by atoms with Crippen molar-refractivity contribution in [2.75, 3.05) is 13.1 Å². The van der Waals surface area contributed by atoms with Gasteiger partial charge in [-0.25, -0.2) is 4.98 Å². The van der Waals surface area contributed by atoms with Crippen LogP contribution in [0.25, 0.3) is 11.0 Å². The summed E-state index contributed by atoms with van der Waals surface area (Å²) in [6.45, 7) is 5.04. The number of carboxylic acid groups (broad SMARTS) is 1. The minimum absolute atomic E-state index is 0.0616. The van der Waals surface area contributed by atoms with Crippen LogP contribution in [0.2, 0.25) is 0 Å². The molecular formula is C17H21N3O3. The molecule has 1 aromatic carbocycles. The zero-order chi connectivity index (χ0) is 16.6.